The molecule has 0 aliphatic heterocycles. The number of rotatable bonds is 7. The number of pyridine rings is 1. The molecule has 5 aromatic rings. The average molecular weight is 501 g/mol. The van der Waals surface area contributed by atoms with Crippen molar-refractivity contribution in [1.82, 2.24) is 29.9 Å². The van der Waals surface area contributed by atoms with E-state index in [4.69, 9.17) is 5.10 Å². The number of benzene rings is 1. The number of aromatic nitrogens is 6. The lowest BCUT2D eigenvalue weighted by Crippen LogP contribution is -2.02. The van der Waals surface area contributed by atoms with Gasteiger partial charge in [-0.1, -0.05) is 41.7 Å². The van der Waals surface area contributed by atoms with Gasteiger partial charge in [0.15, 0.2) is 15.7 Å². The van der Waals surface area contributed by atoms with Crippen LogP contribution in [0, 0.1) is 13.8 Å². The summed E-state index contributed by atoms with van der Waals surface area (Å²) in [6, 6.07) is 12.2. The van der Waals surface area contributed by atoms with E-state index >= 15 is 0 Å². The standard InChI is InChI=1S/C22H18F2N6S3/c1-12-17(32-13(2)26-12)10-30-20-16(18(29-30)21-27-28-22(33-21)19(23)24)8-15(9-25-20)31-11-14-6-4-3-5-7-14/h3-9,19H,10-11H2,1-2H3. The van der Waals surface area contributed by atoms with Crippen LogP contribution in [0.25, 0.3) is 21.7 Å². The smallest absolute Gasteiger partial charge is 0.247 e. The van der Waals surface area contributed by atoms with Crippen LogP contribution < -0.4 is 0 Å². The van der Waals surface area contributed by atoms with Gasteiger partial charge in [0.2, 0.25) is 0 Å². The minimum atomic E-state index is -2.66. The summed E-state index contributed by atoms with van der Waals surface area (Å²) in [5, 5.41) is 14.2. The molecule has 168 valence electrons. The minimum absolute atomic E-state index is 0.316. The van der Waals surface area contributed by atoms with Crippen molar-refractivity contribution in [2.24, 2.45) is 0 Å². The topological polar surface area (TPSA) is 69.4 Å². The Hall–Kier alpha value is -2.76. The van der Waals surface area contributed by atoms with E-state index in [0.717, 1.165) is 43.0 Å². The van der Waals surface area contributed by atoms with Gasteiger partial charge < -0.3 is 0 Å². The summed E-state index contributed by atoms with van der Waals surface area (Å²) < 4.78 is 28.1. The van der Waals surface area contributed by atoms with E-state index in [2.05, 4.69) is 32.3 Å². The molecule has 0 unspecified atom stereocenters. The van der Waals surface area contributed by atoms with Crippen molar-refractivity contribution < 1.29 is 8.78 Å². The van der Waals surface area contributed by atoms with Crippen molar-refractivity contribution in [1.29, 1.82) is 0 Å². The maximum atomic E-state index is 13.1. The third-order valence-corrected chi connectivity index (χ3v) is 7.96. The van der Waals surface area contributed by atoms with Gasteiger partial charge in [0.1, 0.15) is 5.69 Å². The lowest BCUT2D eigenvalue weighted by molar-refractivity contribution is 0.150. The highest BCUT2D eigenvalue weighted by molar-refractivity contribution is 7.98. The van der Waals surface area contributed by atoms with Crippen LogP contribution >= 0.6 is 34.4 Å². The fraction of sp³-hybridized carbons (Fsp3) is 0.227. The third kappa shape index (κ3) is 4.66. The zero-order valence-corrected chi connectivity index (χ0v) is 20.1. The van der Waals surface area contributed by atoms with Crippen molar-refractivity contribution in [3.8, 4) is 10.7 Å². The van der Waals surface area contributed by atoms with Crippen LogP contribution in [0.15, 0.2) is 47.5 Å². The van der Waals surface area contributed by atoms with Crippen LogP contribution in [0.4, 0.5) is 8.78 Å². The number of thiazole rings is 1. The molecule has 0 saturated carbocycles. The molecule has 5 rings (SSSR count). The van der Waals surface area contributed by atoms with Crippen LogP contribution in [0.1, 0.15) is 32.6 Å². The molecule has 33 heavy (non-hydrogen) atoms. The maximum absolute atomic E-state index is 13.1. The van der Waals surface area contributed by atoms with Crippen LogP contribution in [0.2, 0.25) is 0 Å². The highest BCUT2D eigenvalue weighted by Crippen LogP contribution is 2.35. The van der Waals surface area contributed by atoms with E-state index in [1.54, 1.807) is 27.8 Å². The third-order valence-electron chi connectivity index (χ3n) is 4.93. The fourth-order valence-corrected chi connectivity index (χ4v) is 5.87. The Morgan fingerprint density at radius 3 is 2.61 bits per heavy atom. The van der Waals surface area contributed by atoms with Gasteiger partial charge in [-0.15, -0.1) is 33.3 Å². The molecule has 0 spiro atoms. The molecule has 11 heteroatoms. The monoisotopic (exact) mass is 500 g/mol. The summed E-state index contributed by atoms with van der Waals surface area (Å²) in [5.74, 6) is 0.797. The molecule has 1 aromatic carbocycles. The first-order chi connectivity index (χ1) is 16.0. The first-order valence-electron chi connectivity index (χ1n) is 10.1. The van der Waals surface area contributed by atoms with E-state index in [1.165, 1.54) is 5.56 Å². The highest BCUT2D eigenvalue weighted by atomic mass is 32.2. The first-order valence-corrected chi connectivity index (χ1v) is 12.7. The van der Waals surface area contributed by atoms with E-state index < -0.39 is 6.43 Å². The number of hydrogen-bond acceptors (Lipinski definition) is 8. The number of alkyl halides is 2. The molecule has 0 fully saturated rings. The second-order valence-corrected chi connectivity index (χ2v) is 10.7. The number of fused-ring (bicyclic) bond motifs is 1. The molecule has 4 aromatic heterocycles. The number of halogens is 2. The van der Waals surface area contributed by atoms with Crippen molar-refractivity contribution in [2.45, 2.75) is 37.5 Å². The molecule has 0 saturated heterocycles. The average Bonchev–Trinajstić information content (AvgIpc) is 3.51. The van der Waals surface area contributed by atoms with Gasteiger partial charge in [0.05, 0.1) is 22.6 Å². The summed E-state index contributed by atoms with van der Waals surface area (Å²) in [5.41, 5.74) is 3.35. The number of thioether (sulfide) groups is 1. The van der Waals surface area contributed by atoms with Gasteiger partial charge in [-0.2, -0.15) is 5.10 Å². The quantitative estimate of drug-likeness (QED) is 0.244. The Bertz CT molecular complexity index is 1410. The van der Waals surface area contributed by atoms with E-state index in [-0.39, 0.29) is 5.01 Å². The van der Waals surface area contributed by atoms with Gasteiger partial charge in [0.25, 0.3) is 6.43 Å². The number of aryl methyl sites for hydroxylation is 2. The summed E-state index contributed by atoms with van der Waals surface area (Å²) in [6.07, 6.45) is -0.838. The van der Waals surface area contributed by atoms with Gasteiger partial charge in [-0.05, 0) is 25.5 Å². The summed E-state index contributed by atoms with van der Waals surface area (Å²) in [7, 11) is 0. The number of nitrogens with zero attached hydrogens (tertiary/aromatic N) is 6. The molecular formula is C22H18F2N6S3. The van der Waals surface area contributed by atoms with Crippen molar-refractivity contribution in [3.63, 3.8) is 0 Å². The van der Waals surface area contributed by atoms with Crippen molar-refractivity contribution >= 4 is 45.5 Å². The van der Waals surface area contributed by atoms with Crippen molar-refractivity contribution in [2.75, 3.05) is 0 Å². The molecule has 0 N–H and O–H groups in total. The Labute approximate surface area is 200 Å². The van der Waals surface area contributed by atoms with E-state index in [9.17, 15) is 8.78 Å². The second kappa shape index (κ2) is 9.24. The molecule has 6 nitrogen and oxygen atoms in total. The Morgan fingerprint density at radius 1 is 1.09 bits per heavy atom. The zero-order chi connectivity index (χ0) is 22.9. The molecule has 0 aliphatic rings. The van der Waals surface area contributed by atoms with Gasteiger partial charge in [-0.3, -0.25) is 0 Å². The van der Waals surface area contributed by atoms with Gasteiger partial charge in [0, 0.05) is 21.7 Å². The second-order valence-electron chi connectivity index (χ2n) is 7.31. The van der Waals surface area contributed by atoms with Crippen LogP contribution in [0.5, 0.6) is 0 Å². The predicted octanol–water partition coefficient (Wildman–Crippen LogP) is 6.30. The van der Waals surface area contributed by atoms with E-state index in [1.807, 2.05) is 44.3 Å². The molecule has 0 atom stereocenters. The Kier molecular flexibility index (Phi) is 6.17. The molecule has 0 amide bonds. The summed E-state index contributed by atoms with van der Waals surface area (Å²) >= 11 is 4.13. The summed E-state index contributed by atoms with van der Waals surface area (Å²) in [6.45, 7) is 4.43. The molecule has 4 heterocycles. The fourth-order valence-electron chi connectivity index (χ4n) is 3.40. The SMILES string of the molecule is Cc1nc(C)c(Cn2nc(-c3nnc(C(F)F)s3)c3cc(SCc4ccccc4)cnc32)s1. The van der Waals surface area contributed by atoms with Gasteiger partial charge in [-0.25, -0.2) is 23.4 Å². The maximum Gasteiger partial charge on any atom is 0.291 e. The Morgan fingerprint density at radius 2 is 1.91 bits per heavy atom. The predicted molar refractivity (Wildman–Crippen MR) is 128 cm³/mol. The lowest BCUT2D eigenvalue weighted by Gasteiger charge is -2.04. The Balaban J connectivity index is 1.55. The normalized spacial score (nSPS) is 11.7. The highest BCUT2D eigenvalue weighted by Gasteiger charge is 2.22. The molecular weight excluding hydrogens is 482 g/mol. The van der Waals surface area contributed by atoms with Crippen LogP contribution in [-0.2, 0) is 12.3 Å². The van der Waals surface area contributed by atoms with Crippen molar-refractivity contribution in [3.05, 3.63) is 68.7 Å². The van der Waals surface area contributed by atoms with Crippen LogP contribution in [0.3, 0.4) is 0 Å². The largest absolute Gasteiger partial charge is 0.291 e. The zero-order valence-electron chi connectivity index (χ0n) is 17.7. The van der Waals surface area contributed by atoms with Crippen LogP contribution in [-0.4, -0.2) is 29.9 Å². The number of hydrogen-bond donors (Lipinski definition) is 0. The molecule has 0 bridgehead atoms. The van der Waals surface area contributed by atoms with Gasteiger partial charge >= 0.3 is 0 Å². The lowest BCUT2D eigenvalue weighted by atomic mass is 10.2. The molecule has 0 radical (unpaired) electrons. The molecule has 0 aliphatic carbocycles. The van der Waals surface area contributed by atoms with E-state index in [0.29, 0.717) is 22.9 Å². The minimum Gasteiger partial charge on any atom is -0.247 e. The first kappa shape index (κ1) is 22.1. The summed E-state index contributed by atoms with van der Waals surface area (Å²) in [4.78, 5) is 11.2.